The molecule has 24 heavy (non-hydrogen) atoms. The summed E-state index contributed by atoms with van der Waals surface area (Å²) in [6.45, 7) is 6.70. The molecule has 0 bridgehead atoms. The molecular weight excluding hydrogens is 306 g/mol. The highest BCUT2D eigenvalue weighted by Crippen LogP contribution is 2.17. The molecule has 3 amide bonds. The standard InChI is InChI=1S/C18H25N3O3/c1-12-8-5-6-9-15(12)24-11-7-10-21(4)17(22)16-13(2)19-18(23)20-14(16)3/h5-6,8-9,13H,7,10-11H2,1-4H3,(H2,19,20,23)/t13-/m0/s1. The average molecular weight is 331 g/mol. The van der Waals surface area contributed by atoms with Crippen LogP contribution in [0.2, 0.25) is 0 Å². The van der Waals surface area contributed by atoms with Crippen LogP contribution >= 0.6 is 0 Å². The Balaban J connectivity index is 1.85. The van der Waals surface area contributed by atoms with Crippen LogP contribution in [0.25, 0.3) is 0 Å². The maximum absolute atomic E-state index is 12.6. The minimum absolute atomic E-state index is 0.0802. The van der Waals surface area contributed by atoms with Crippen LogP contribution in [0.4, 0.5) is 4.79 Å². The molecule has 0 fully saturated rings. The number of amides is 3. The van der Waals surface area contributed by atoms with Gasteiger partial charge in [-0.2, -0.15) is 0 Å². The quantitative estimate of drug-likeness (QED) is 0.785. The molecule has 1 aliphatic rings. The maximum atomic E-state index is 12.6. The van der Waals surface area contributed by atoms with Crippen LogP contribution in [-0.2, 0) is 4.79 Å². The van der Waals surface area contributed by atoms with Crippen LogP contribution in [0.3, 0.4) is 0 Å². The summed E-state index contributed by atoms with van der Waals surface area (Å²) in [5.74, 6) is 0.793. The average Bonchev–Trinajstić information content (AvgIpc) is 2.51. The minimum Gasteiger partial charge on any atom is -0.493 e. The first kappa shape index (κ1) is 17.8. The first-order valence-electron chi connectivity index (χ1n) is 8.12. The second-order valence-corrected chi connectivity index (χ2v) is 6.05. The third-order valence-corrected chi connectivity index (χ3v) is 4.05. The van der Waals surface area contributed by atoms with Crippen LogP contribution in [0.15, 0.2) is 35.5 Å². The number of aryl methyl sites for hydroxylation is 1. The first-order chi connectivity index (χ1) is 11.4. The Morgan fingerprint density at radius 1 is 1.29 bits per heavy atom. The van der Waals surface area contributed by atoms with Crippen LogP contribution in [-0.4, -0.2) is 43.1 Å². The molecule has 1 heterocycles. The zero-order chi connectivity index (χ0) is 17.7. The van der Waals surface area contributed by atoms with Gasteiger partial charge in [0.1, 0.15) is 5.75 Å². The lowest BCUT2D eigenvalue weighted by atomic mass is 10.0. The summed E-state index contributed by atoms with van der Waals surface area (Å²) in [6.07, 6.45) is 0.733. The molecule has 0 aromatic heterocycles. The Morgan fingerprint density at radius 3 is 2.67 bits per heavy atom. The fourth-order valence-corrected chi connectivity index (χ4v) is 2.72. The summed E-state index contributed by atoms with van der Waals surface area (Å²) in [4.78, 5) is 25.6. The van der Waals surface area contributed by atoms with Crippen molar-refractivity contribution in [2.75, 3.05) is 20.2 Å². The summed E-state index contributed by atoms with van der Waals surface area (Å²) in [5.41, 5.74) is 2.30. The predicted molar refractivity (Wildman–Crippen MR) is 92.8 cm³/mol. The summed E-state index contributed by atoms with van der Waals surface area (Å²) >= 11 is 0. The van der Waals surface area contributed by atoms with Gasteiger partial charge in [-0.3, -0.25) is 4.79 Å². The van der Waals surface area contributed by atoms with E-state index in [0.717, 1.165) is 17.7 Å². The van der Waals surface area contributed by atoms with Crippen molar-refractivity contribution in [2.45, 2.75) is 33.2 Å². The molecule has 0 saturated carbocycles. The van der Waals surface area contributed by atoms with E-state index < -0.39 is 0 Å². The van der Waals surface area contributed by atoms with Crippen LogP contribution in [0.5, 0.6) is 5.75 Å². The molecule has 0 unspecified atom stereocenters. The van der Waals surface area contributed by atoms with E-state index in [-0.39, 0.29) is 18.0 Å². The number of allylic oxidation sites excluding steroid dienone is 1. The minimum atomic E-state index is -0.295. The predicted octanol–water partition coefficient (Wildman–Crippen LogP) is 2.20. The van der Waals surface area contributed by atoms with Gasteiger partial charge in [0.05, 0.1) is 18.2 Å². The second-order valence-electron chi connectivity index (χ2n) is 6.05. The molecule has 1 aromatic carbocycles. The summed E-state index contributed by atoms with van der Waals surface area (Å²) in [6, 6.07) is 7.30. The van der Waals surface area contributed by atoms with Crippen molar-refractivity contribution in [3.05, 3.63) is 41.1 Å². The van der Waals surface area contributed by atoms with Crippen molar-refractivity contribution in [2.24, 2.45) is 0 Å². The number of carbonyl (C=O) groups is 2. The number of nitrogens with zero attached hydrogens (tertiary/aromatic N) is 1. The number of para-hydroxylation sites is 1. The number of nitrogens with one attached hydrogen (secondary N) is 2. The van der Waals surface area contributed by atoms with E-state index in [1.54, 1.807) is 18.9 Å². The van der Waals surface area contributed by atoms with Gasteiger partial charge >= 0.3 is 6.03 Å². The van der Waals surface area contributed by atoms with E-state index in [4.69, 9.17) is 4.74 Å². The van der Waals surface area contributed by atoms with Crippen molar-refractivity contribution < 1.29 is 14.3 Å². The molecule has 0 aliphatic carbocycles. The van der Waals surface area contributed by atoms with Crippen LogP contribution < -0.4 is 15.4 Å². The van der Waals surface area contributed by atoms with Crippen molar-refractivity contribution in [3.63, 3.8) is 0 Å². The molecule has 2 N–H and O–H groups in total. The molecule has 1 atom stereocenters. The van der Waals surface area contributed by atoms with Gasteiger partial charge in [-0.15, -0.1) is 0 Å². The maximum Gasteiger partial charge on any atom is 0.319 e. The van der Waals surface area contributed by atoms with Gasteiger partial charge < -0.3 is 20.3 Å². The third kappa shape index (κ3) is 4.28. The van der Waals surface area contributed by atoms with Crippen molar-refractivity contribution in [1.82, 2.24) is 15.5 Å². The second kappa shape index (κ2) is 7.86. The molecule has 130 valence electrons. The zero-order valence-corrected chi connectivity index (χ0v) is 14.7. The van der Waals surface area contributed by atoms with E-state index >= 15 is 0 Å². The monoisotopic (exact) mass is 331 g/mol. The number of hydrogen-bond donors (Lipinski definition) is 2. The third-order valence-electron chi connectivity index (χ3n) is 4.05. The largest absolute Gasteiger partial charge is 0.493 e. The molecule has 6 nitrogen and oxygen atoms in total. The van der Waals surface area contributed by atoms with Gasteiger partial charge in [0.15, 0.2) is 0 Å². The molecule has 0 saturated heterocycles. The van der Waals surface area contributed by atoms with E-state index in [9.17, 15) is 9.59 Å². The molecule has 0 spiro atoms. The topological polar surface area (TPSA) is 70.7 Å². The number of likely N-dealkylation sites (N-methyl/N-ethyl adjacent to an activating group) is 1. The summed E-state index contributed by atoms with van der Waals surface area (Å²) in [7, 11) is 1.76. The number of urea groups is 1. The lowest BCUT2D eigenvalue weighted by Crippen LogP contribution is -2.50. The highest BCUT2D eigenvalue weighted by atomic mass is 16.5. The Bertz CT molecular complexity index is 655. The molecule has 1 aliphatic heterocycles. The number of carbonyl (C=O) groups excluding carboxylic acids is 2. The summed E-state index contributed by atoms with van der Waals surface area (Å²) in [5, 5.41) is 5.36. The highest BCUT2D eigenvalue weighted by Gasteiger charge is 2.28. The first-order valence-corrected chi connectivity index (χ1v) is 8.12. The van der Waals surface area contributed by atoms with Crippen molar-refractivity contribution in [3.8, 4) is 5.75 Å². The lowest BCUT2D eigenvalue weighted by Gasteiger charge is -2.28. The fraction of sp³-hybridized carbons (Fsp3) is 0.444. The Hall–Kier alpha value is -2.50. The van der Waals surface area contributed by atoms with Crippen LogP contribution in [0.1, 0.15) is 25.8 Å². The van der Waals surface area contributed by atoms with Gasteiger partial charge in [-0.25, -0.2) is 4.79 Å². The summed E-state index contributed by atoms with van der Waals surface area (Å²) < 4.78 is 5.75. The van der Waals surface area contributed by atoms with Crippen molar-refractivity contribution >= 4 is 11.9 Å². The molecule has 1 aromatic rings. The van der Waals surface area contributed by atoms with E-state index in [0.29, 0.717) is 24.4 Å². The Morgan fingerprint density at radius 2 is 2.00 bits per heavy atom. The normalized spacial score (nSPS) is 17.2. The molecule has 2 rings (SSSR count). The van der Waals surface area contributed by atoms with Crippen molar-refractivity contribution in [1.29, 1.82) is 0 Å². The smallest absolute Gasteiger partial charge is 0.319 e. The highest BCUT2D eigenvalue weighted by molar-refractivity contribution is 5.98. The molecule has 6 heteroatoms. The Labute approximate surface area is 142 Å². The number of benzene rings is 1. The number of hydrogen-bond acceptors (Lipinski definition) is 3. The zero-order valence-electron chi connectivity index (χ0n) is 14.7. The molecular formula is C18H25N3O3. The van der Waals surface area contributed by atoms with Gasteiger partial charge in [0, 0.05) is 19.3 Å². The molecule has 0 radical (unpaired) electrons. The van der Waals surface area contributed by atoms with E-state index in [2.05, 4.69) is 10.6 Å². The van der Waals surface area contributed by atoms with Gasteiger partial charge in [0.25, 0.3) is 5.91 Å². The number of rotatable bonds is 6. The van der Waals surface area contributed by atoms with E-state index in [1.807, 2.05) is 38.1 Å². The van der Waals surface area contributed by atoms with Gasteiger partial charge in [-0.1, -0.05) is 18.2 Å². The number of ether oxygens (including phenoxy) is 1. The Kier molecular flexibility index (Phi) is 5.84. The fourth-order valence-electron chi connectivity index (χ4n) is 2.72. The van der Waals surface area contributed by atoms with E-state index in [1.165, 1.54) is 0 Å². The van der Waals surface area contributed by atoms with Crippen LogP contribution in [0, 0.1) is 6.92 Å². The lowest BCUT2D eigenvalue weighted by molar-refractivity contribution is -0.126. The van der Waals surface area contributed by atoms with Gasteiger partial charge in [-0.05, 0) is 38.8 Å². The SMILES string of the molecule is CC1=C(C(=O)N(C)CCCOc2ccccc2C)[C@H](C)NC(=O)N1. The van der Waals surface area contributed by atoms with Gasteiger partial charge in [0.2, 0.25) is 0 Å².